The molecule has 4 heteroatoms. The Morgan fingerprint density at radius 3 is 2.33 bits per heavy atom. The summed E-state index contributed by atoms with van der Waals surface area (Å²) in [6.07, 6.45) is 5.57. The summed E-state index contributed by atoms with van der Waals surface area (Å²) >= 11 is 0. The van der Waals surface area contributed by atoms with Crippen molar-refractivity contribution in [3.8, 4) is 0 Å². The lowest BCUT2D eigenvalue weighted by atomic mass is 10.0. The maximum absolute atomic E-state index is 11.3. The van der Waals surface area contributed by atoms with E-state index in [1.165, 1.54) is 0 Å². The van der Waals surface area contributed by atoms with Gasteiger partial charge < -0.3 is 4.18 Å². The van der Waals surface area contributed by atoms with Crippen molar-refractivity contribution in [2.75, 3.05) is 0 Å². The molecule has 0 bridgehead atoms. The summed E-state index contributed by atoms with van der Waals surface area (Å²) in [6, 6.07) is 0. The van der Waals surface area contributed by atoms with Gasteiger partial charge in [0.2, 0.25) is 0 Å². The molecule has 1 aliphatic carbocycles. The van der Waals surface area contributed by atoms with Crippen LogP contribution >= 0.6 is 0 Å². The maximum atomic E-state index is 11.3. The molecule has 0 saturated heterocycles. The molecule has 12 heavy (non-hydrogen) atoms. The van der Waals surface area contributed by atoms with Gasteiger partial charge in [-0.25, -0.2) is 0 Å². The van der Waals surface area contributed by atoms with E-state index in [0.29, 0.717) is 0 Å². The second kappa shape index (κ2) is 3.94. The summed E-state index contributed by atoms with van der Waals surface area (Å²) in [5, 5.41) is -0.302. The third-order valence-electron chi connectivity index (χ3n) is 2.16. The van der Waals surface area contributed by atoms with Crippen molar-refractivity contribution < 1.29 is 12.6 Å². The van der Waals surface area contributed by atoms with Crippen molar-refractivity contribution in [1.29, 1.82) is 0 Å². The summed E-state index contributed by atoms with van der Waals surface area (Å²) in [6.45, 7) is 3.24. The van der Waals surface area contributed by atoms with E-state index in [1.54, 1.807) is 0 Å². The van der Waals surface area contributed by atoms with E-state index < -0.39 is 10.1 Å². The van der Waals surface area contributed by atoms with Gasteiger partial charge in [-0.1, -0.05) is 25.8 Å². The van der Waals surface area contributed by atoms with Crippen molar-refractivity contribution in [2.45, 2.75) is 37.4 Å². The van der Waals surface area contributed by atoms with Gasteiger partial charge in [0.15, 0.2) is 0 Å². The molecule has 1 fully saturated rings. The van der Waals surface area contributed by atoms with E-state index in [0.717, 1.165) is 38.4 Å². The van der Waals surface area contributed by atoms with Crippen LogP contribution < -0.4 is 0 Å². The monoisotopic (exact) mass is 190 g/mol. The predicted octanol–water partition coefficient (Wildman–Crippen LogP) is 1.81. The Labute approximate surface area is 73.5 Å². The molecule has 1 saturated carbocycles. The molecule has 0 aromatic carbocycles. The number of rotatable bonds is 3. The largest absolute Gasteiger partial charge is 0.391 e. The predicted molar refractivity (Wildman–Crippen MR) is 47.1 cm³/mol. The van der Waals surface area contributed by atoms with Crippen LogP contribution in [0.25, 0.3) is 0 Å². The minimum absolute atomic E-state index is 0.302. The van der Waals surface area contributed by atoms with Crippen molar-refractivity contribution in [1.82, 2.24) is 0 Å². The SMILES string of the molecule is C=COS(=O)(=O)C1CCCCC1. The average molecular weight is 190 g/mol. The molecule has 0 aromatic rings. The van der Waals surface area contributed by atoms with Gasteiger partial charge in [-0.05, 0) is 12.8 Å². The highest BCUT2D eigenvalue weighted by Crippen LogP contribution is 2.24. The maximum Gasteiger partial charge on any atom is 0.311 e. The number of hydrogen-bond donors (Lipinski definition) is 0. The zero-order valence-corrected chi connectivity index (χ0v) is 7.85. The molecule has 3 nitrogen and oxygen atoms in total. The molecule has 0 unspecified atom stereocenters. The van der Waals surface area contributed by atoms with Gasteiger partial charge in [0.05, 0.1) is 11.5 Å². The fourth-order valence-electron chi connectivity index (χ4n) is 1.53. The van der Waals surface area contributed by atoms with E-state index in [9.17, 15) is 8.42 Å². The Kier molecular flexibility index (Phi) is 3.14. The minimum atomic E-state index is -3.35. The molecule has 0 aliphatic heterocycles. The van der Waals surface area contributed by atoms with Gasteiger partial charge >= 0.3 is 10.1 Å². The molecule has 0 radical (unpaired) electrons. The Morgan fingerprint density at radius 1 is 1.25 bits per heavy atom. The minimum Gasteiger partial charge on any atom is -0.391 e. The van der Waals surface area contributed by atoms with E-state index in [4.69, 9.17) is 0 Å². The van der Waals surface area contributed by atoms with Crippen LogP contribution in [0.1, 0.15) is 32.1 Å². The summed E-state index contributed by atoms with van der Waals surface area (Å²) in [5.41, 5.74) is 0. The summed E-state index contributed by atoms with van der Waals surface area (Å²) in [5.74, 6) is 0. The van der Waals surface area contributed by atoms with Crippen molar-refractivity contribution in [2.24, 2.45) is 0 Å². The third kappa shape index (κ3) is 2.24. The Morgan fingerprint density at radius 2 is 1.83 bits per heavy atom. The molecular formula is C8H14O3S. The lowest BCUT2D eigenvalue weighted by molar-refractivity contribution is 0.402. The topological polar surface area (TPSA) is 43.4 Å². The van der Waals surface area contributed by atoms with Crippen LogP contribution in [0.3, 0.4) is 0 Å². The van der Waals surface area contributed by atoms with Gasteiger partial charge in [-0.2, -0.15) is 8.42 Å². The van der Waals surface area contributed by atoms with Gasteiger partial charge in [0.1, 0.15) is 0 Å². The first-order valence-corrected chi connectivity index (χ1v) is 5.67. The lowest BCUT2D eigenvalue weighted by Crippen LogP contribution is -2.24. The van der Waals surface area contributed by atoms with Crippen LogP contribution in [0, 0.1) is 0 Å². The molecule has 0 spiro atoms. The second-order valence-corrected chi connectivity index (χ2v) is 4.86. The number of hydrogen-bond acceptors (Lipinski definition) is 3. The normalized spacial score (nSPS) is 20.3. The lowest BCUT2D eigenvalue weighted by Gasteiger charge is -2.20. The van der Waals surface area contributed by atoms with E-state index in [-0.39, 0.29) is 5.25 Å². The summed E-state index contributed by atoms with van der Waals surface area (Å²) < 4.78 is 27.1. The van der Waals surface area contributed by atoms with Crippen LogP contribution in [0.2, 0.25) is 0 Å². The molecule has 0 atom stereocenters. The molecule has 70 valence electrons. The summed E-state index contributed by atoms with van der Waals surface area (Å²) in [7, 11) is -3.35. The van der Waals surface area contributed by atoms with Crippen molar-refractivity contribution >= 4 is 10.1 Å². The first kappa shape index (κ1) is 9.58. The van der Waals surface area contributed by atoms with Gasteiger partial charge in [0, 0.05) is 0 Å². The van der Waals surface area contributed by atoms with E-state index in [2.05, 4.69) is 10.8 Å². The van der Waals surface area contributed by atoms with Crippen molar-refractivity contribution in [3.05, 3.63) is 12.8 Å². The van der Waals surface area contributed by atoms with Crippen LogP contribution in [0.4, 0.5) is 0 Å². The smallest absolute Gasteiger partial charge is 0.311 e. The fourth-order valence-corrected chi connectivity index (χ4v) is 2.78. The van der Waals surface area contributed by atoms with Gasteiger partial charge in [-0.3, -0.25) is 0 Å². The van der Waals surface area contributed by atoms with Crippen LogP contribution in [-0.4, -0.2) is 13.7 Å². The molecule has 1 rings (SSSR count). The van der Waals surface area contributed by atoms with Crippen LogP contribution in [0.5, 0.6) is 0 Å². The Hall–Kier alpha value is -0.510. The molecule has 0 heterocycles. The Bertz CT molecular complexity index is 237. The average Bonchev–Trinajstić information content (AvgIpc) is 2.06. The molecule has 0 aromatic heterocycles. The highest BCUT2D eigenvalue weighted by Gasteiger charge is 2.27. The first-order valence-electron chi connectivity index (χ1n) is 4.20. The highest BCUT2D eigenvalue weighted by atomic mass is 32.2. The Balaban J connectivity index is 2.60. The van der Waals surface area contributed by atoms with Gasteiger partial charge in [-0.15, -0.1) is 0 Å². The molecule has 1 aliphatic rings. The fraction of sp³-hybridized carbons (Fsp3) is 0.750. The van der Waals surface area contributed by atoms with E-state index in [1.807, 2.05) is 0 Å². The zero-order chi connectivity index (χ0) is 9.03. The van der Waals surface area contributed by atoms with Crippen LogP contribution in [0.15, 0.2) is 12.8 Å². The first-order chi connectivity index (χ1) is 5.67. The van der Waals surface area contributed by atoms with Crippen LogP contribution in [-0.2, 0) is 14.3 Å². The molecular weight excluding hydrogens is 176 g/mol. The standard InChI is InChI=1S/C8H14O3S/c1-2-11-12(9,10)8-6-4-3-5-7-8/h2,8H,1,3-7H2. The third-order valence-corrected chi connectivity index (χ3v) is 3.85. The van der Waals surface area contributed by atoms with E-state index >= 15 is 0 Å². The highest BCUT2D eigenvalue weighted by molar-refractivity contribution is 7.87. The van der Waals surface area contributed by atoms with Crippen molar-refractivity contribution in [3.63, 3.8) is 0 Å². The quantitative estimate of drug-likeness (QED) is 0.503. The summed E-state index contributed by atoms with van der Waals surface area (Å²) in [4.78, 5) is 0. The second-order valence-electron chi connectivity index (χ2n) is 3.02. The zero-order valence-electron chi connectivity index (χ0n) is 7.03. The molecule has 0 N–H and O–H groups in total. The van der Waals surface area contributed by atoms with Gasteiger partial charge in [0.25, 0.3) is 0 Å². The molecule has 0 amide bonds.